The summed E-state index contributed by atoms with van der Waals surface area (Å²) in [5.74, 6) is -0.433. The van der Waals surface area contributed by atoms with Crippen LogP contribution in [0.5, 0.6) is 0 Å². The summed E-state index contributed by atoms with van der Waals surface area (Å²) < 4.78 is 0. The van der Waals surface area contributed by atoms with Crippen molar-refractivity contribution in [1.82, 2.24) is 0 Å². The number of hydrogen-bond donors (Lipinski definition) is 1. The summed E-state index contributed by atoms with van der Waals surface area (Å²) in [5.41, 5.74) is 0.859. The van der Waals surface area contributed by atoms with Crippen LogP contribution in [-0.4, -0.2) is 22.9 Å². The molecule has 0 unspecified atom stereocenters. The van der Waals surface area contributed by atoms with E-state index >= 15 is 0 Å². The number of oxime groups is 1. The molecule has 1 heterocycles. The van der Waals surface area contributed by atoms with Crippen molar-refractivity contribution in [2.24, 2.45) is 11.1 Å². The molecule has 0 saturated heterocycles. The first-order chi connectivity index (χ1) is 5.59. The van der Waals surface area contributed by atoms with Crippen molar-refractivity contribution in [3.05, 3.63) is 0 Å². The predicted octanol–water partition coefficient (Wildman–Crippen LogP) is 1.26. The molecule has 1 atom stereocenters. The molecule has 0 aromatic heterocycles. The second-order valence-electron chi connectivity index (χ2n) is 3.39. The van der Waals surface area contributed by atoms with Gasteiger partial charge in [0, 0.05) is 6.42 Å². The summed E-state index contributed by atoms with van der Waals surface area (Å²) in [7, 11) is 0. The van der Waals surface area contributed by atoms with Crippen molar-refractivity contribution in [3.8, 4) is 0 Å². The molecule has 0 fully saturated rings. The second kappa shape index (κ2) is 3.56. The second-order valence-corrected chi connectivity index (χ2v) is 3.39. The highest BCUT2D eigenvalue weighted by Crippen LogP contribution is 2.15. The van der Waals surface area contributed by atoms with Gasteiger partial charge in [0.1, 0.15) is 0 Å². The summed E-state index contributed by atoms with van der Waals surface area (Å²) >= 11 is 0. The van der Waals surface area contributed by atoms with Crippen LogP contribution in [0.1, 0.15) is 26.7 Å². The fourth-order valence-electron chi connectivity index (χ4n) is 1.15. The van der Waals surface area contributed by atoms with Crippen LogP contribution < -0.4 is 0 Å². The first-order valence-electron chi connectivity index (χ1n) is 4.04. The summed E-state index contributed by atoms with van der Waals surface area (Å²) in [4.78, 5) is 15.2. The Bertz CT molecular complexity index is 210. The molecule has 1 N–H and O–H groups in total. The van der Waals surface area contributed by atoms with Gasteiger partial charge in [0.15, 0.2) is 0 Å². The minimum absolute atomic E-state index is 0.438. The van der Waals surface area contributed by atoms with Crippen molar-refractivity contribution in [2.75, 3.05) is 0 Å². The van der Waals surface area contributed by atoms with Gasteiger partial charge in [0.25, 0.3) is 0 Å². The van der Waals surface area contributed by atoms with Crippen LogP contribution in [-0.2, 0) is 9.63 Å². The lowest BCUT2D eigenvalue weighted by Gasteiger charge is -2.01. The van der Waals surface area contributed by atoms with Crippen molar-refractivity contribution >= 4 is 11.7 Å². The maximum absolute atomic E-state index is 10.4. The maximum Gasteiger partial charge on any atom is 0.348 e. The van der Waals surface area contributed by atoms with Crippen LogP contribution in [0.25, 0.3) is 0 Å². The molecule has 0 radical (unpaired) electrons. The van der Waals surface area contributed by atoms with E-state index in [1.165, 1.54) is 0 Å². The Morgan fingerprint density at radius 3 is 2.92 bits per heavy atom. The van der Waals surface area contributed by atoms with Gasteiger partial charge in [-0.1, -0.05) is 19.0 Å². The molecule has 4 nitrogen and oxygen atoms in total. The molecule has 0 aromatic rings. The van der Waals surface area contributed by atoms with Crippen molar-refractivity contribution in [2.45, 2.75) is 32.8 Å². The molecule has 0 bridgehead atoms. The van der Waals surface area contributed by atoms with E-state index in [-0.39, 0.29) is 0 Å². The van der Waals surface area contributed by atoms with Crippen LogP contribution >= 0.6 is 0 Å². The molecule has 4 heteroatoms. The number of nitrogens with zero attached hydrogens (tertiary/aromatic N) is 1. The third-order valence-electron chi connectivity index (χ3n) is 1.65. The predicted molar refractivity (Wildman–Crippen MR) is 44.0 cm³/mol. The minimum Gasteiger partial charge on any atom is -0.478 e. The Morgan fingerprint density at radius 1 is 1.83 bits per heavy atom. The molecule has 0 aromatic carbocycles. The topological polar surface area (TPSA) is 58.9 Å². The van der Waals surface area contributed by atoms with E-state index < -0.39 is 12.1 Å². The van der Waals surface area contributed by atoms with Gasteiger partial charge in [-0.3, -0.25) is 0 Å². The highest BCUT2D eigenvalue weighted by Gasteiger charge is 2.27. The molecular weight excluding hydrogens is 158 g/mol. The smallest absolute Gasteiger partial charge is 0.348 e. The monoisotopic (exact) mass is 171 g/mol. The number of rotatable bonds is 3. The number of hydrogen-bond acceptors (Lipinski definition) is 3. The van der Waals surface area contributed by atoms with Crippen LogP contribution in [0, 0.1) is 5.92 Å². The van der Waals surface area contributed by atoms with Gasteiger partial charge in [-0.15, -0.1) is 0 Å². The zero-order valence-corrected chi connectivity index (χ0v) is 7.28. The molecule has 1 rings (SSSR count). The first-order valence-corrected chi connectivity index (χ1v) is 4.04. The molecule has 0 amide bonds. The van der Waals surface area contributed by atoms with E-state index in [4.69, 9.17) is 9.94 Å². The van der Waals surface area contributed by atoms with Gasteiger partial charge in [0.05, 0.1) is 5.71 Å². The highest BCUT2D eigenvalue weighted by molar-refractivity contribution is 5.90. The van der Waals surface area contributed by atoms with Gasteiger partial charge >= 0.3 is 5.97 Å². The Labute approximate surface area is 71.2 Å². The summed E-state index contributed by atoms with van der Waals surface area (Å²) in [6.45, 7) is 4.13. The fourth-order valence-corrected chi connectivity index (χ4v) is 1.15. The average molecular weight is 171 g/mol. The van der Waals surface area contributed by atoms with Gasteiger partial charge in [-0.05, 0) is 12.3 Å². The lowest BCUT2D eigenvalue weighted by molar-refractivity contribution is -0.148. The van der Waals surface area contributed by atoms with Crippen molar-refractivity contribution in [3.63, 3.8) is 0 Å². The summed E-state index contributed by atoms with van der Waals surface area (Å²) in [6.07, 6.45) is 0.510. The third kappa shape index (κ3) is 2.22. The highest BCUT2D eigenvalue weighted by atomic mass is 16.7. The Hall–Kier alpha value is -1.06. The van der Waals surface area contributed by atoms with Crippen molar-refractivity contribution < 1.29 is 14.7 Å². The number of carboxylic acid groups (broad SMARTS) is 1. The number of carboxylic acids is 1. The largest absolute Gasteiger partial charge is 0.478 e. The zero-order chi connectivity index (χ0) is 9.14. The Morgan fingerprint density at radius 2 is 2.50 bits per heavy atom. The molecule has 12 heavy (non-hydrogen) atoms. The van der Waals surface area contributed by atoms with Crippen LogP contribution in [0.2, 0.25) is 0 Å². The number of aliphatic carboxylic acids is 1. The van der Waals surface area contributed by atoms with E-state index in [0.717, 1.165) is 12.1 Å². The lowest BCUT2D eigenvalue weighted by atomic mass is 10.0. The molecule has 1 aliphatic heterocycles. The molecule has 68 valence electrons. The minimum atomic E-state index is -0.933. The Kier molecular flexibility index (Phi) is 2.68. The average Bonchev–Trinajstić information content (AvgIpc) is 2.34. The van der Waals surface area contributed by atoms with E-state index in [2.05, 4.69) is 19.0 Å². The summed E-state index contributed by atoms with van der Waals surface area (Å²) in [6, 6.07) is 0. The van der Waals surface area contributed by atoms with Crippen LogP contribution in [0.3, 0.4) is 0 Å². The molecule has 0 saturated carbocycles. The first kappa shape index (κ1) is 9.03. The van der Waals surface area contributed by atoms with Gasteiger partial charge in [0.2, 0.25) is 6.10 Å². The van der Waals surface area contributed by atoms with Crippen LogP contribution in [0.4, 0.5) is 0 Å². The molecule has 0 aliphatic carbocycles. The standard InChI is InChI=1S/C8H13NO3/c1-5(2)3-6-4-7(8(10)11)12-9-6/h5,7H,3-4H2,1-2H3,(H,10,11)/t7-/m1/s1. The quantitative estimate of drug-likeness (QED) is 0.695. The van der Waals surface area contributed by atoms with Crippen molar-refractivity contribution in [1.29, 1.82) is 0 Å². The Balaban J connectivity index is 2.38. The zero-order valence-electron chi connectivity index (χ0n) is 7.28. The lowest BCUT2D eigenvalue weighted by Crippen LogP contribution is -2.19. The van der Waals surface area contributed by atoms with Gasteiger partial charge in [-0.25, -0.2) is 4.79 Å². The SMILES string of the molecule is CC(C)CC1=NO[C@@H](C(=O)O)C1. The van der Waals surface area contributed by atoms with E-state index in [0.29, 0.717) is 12.3 Å². The normalized spacial score (nSPS) is 22.2. The van der Waals surface area contributed by atoms with Gasteiger partial charge in [-0.2, -0.15) is 0 Å². The number of carbonyl (C=O) groups is 1. The molecule has 1 aliphatic rings. The maximum atomic E-state index is 10.4. The third-order valence-corrected chi connectivity index (χ3v) is 1.65. The molecule has 0 spiro atoms. The molecular formula is C8H13NO3. The van der Waals surface area contributed by atoms with Crippen LogP contribution in [0.15, 0.2) is 5.16 Å². The fraction of sp³-hybridized carbons (Fsp3) is 0.750. The van der Waals surface area contributed by atoms with E-state index in [1.54, 1.807) is 0 Å². The van der Waals surface area contributed by atoms with E-state index in [1.807, 2.05) is 0 Å². The summed E-state index contributed by atoms with van der Waals surface area (Å²) in [5, 5.41) is 12.3. The van der Waals surface area contributed by atoms with E-state index in [9.17, 15) is 4.79 Å². The van der Waals surface area contributed by atoms with Gasteiger partial charge < -0.3 is 9.94 Å².